The van der Waals surface area contributed by atoms with Crippen LogP contribution in [0.5, 0.6) is 0 Å². The van der Waals surface area contributed by atoms with E-state index in [2.05, 4.69) is 21.0 Å². The van der Waals surface area contributed by atoms with Gasteiger partial charge in [0.2, 0.25) is 0 Å². The second-order valence-corrected chi connectivity index (χ2v) is 4.74. The number of rotatable bonds is 3. The van der Waals surface area contributed by atoms with Crippen molar-refractivity contribution in [3.8, 4) is 0 Å². The number of halogens is 2. The van der Waals surface area contributed by atoms with Gasteiger partial charge in [-0.15, -0.1) is 0 Å². The Bertz CT molecular complexity index is 597. The molecule has 1 aromatic heterocycles. The van der Waals surface area contributed by atoms with Crippen LogP contribution in [-0.2, 0) is 7.05 Å². The quantitative estimate of drug-likeness (QED) is 0.884. The number of ketones is 1. The number of Topliss-reactive ketones (excluding diaryl/α,β-unsaturated/α-hetero) is 1. The van der Waals surface area contributed by atoms with Crippen LogP contribution >= 0.6 is 15.9 Å². The van der Waals surface area contributed by atoms with Crippen molar-refractivity contribution < 1.29 is 9.18 Å². The molecule has 2 aromatic rings. The summed E-state index contributed by atoms with van der Waals surface area (Å²) in [6, 6.07) is 3.62. The van der Waals surface area contributed by atoms with Gasteiger partial charge < -0.3 is 5.73 Å². The van der Waals surface area contributed by atoms with Crippen molar-refractivity contribution in [3.05, 3.63) is 52.0 Å². The number of carbonyl (C=O) groups is 1. The van der Waals surface area contributed by atoms with Crippen molar-refractivity contribution in [1.29, 1.82) is 0 Å². The van der Waals surface area contributed by atoms with E-state index < -0.39 is 17.6 Å². The first kappa shape index (κ1) is 12.9. The van der Waals surface area contributed by atoms with E-state index in [1.54, 1.807) is 24.0 Å². The largest absolute Gasteiger partial charge is 0.317 e. The van der Waals surface area contributed by atoms with Crippen molar-refractivity contribution in [2.24, 2.45) is 12.8 Å². The van der Waals surface area contributed by atoms with Crippen molar-refractivity contribution in [2.75, 3.05) is 0 Å². The summed E-state index contributed by atoms with van der Waals surface area (Å²) >= 11 is 3.04. The average Bonchev–Trinajstić information content (AvgIpc) is 2.77. The number of aromatic nitrogens is 2. The predicted octanol–water partition coefficient (Wildman–Crippen LogP) is 2.20. The first-order valence-electron chi connectivity index (χ1n) is 5.23. The second kappa shape index (κ2) is 4.99. The van der Waals surface area contributed by atoms with Crippen LogP contribution in [0.15, 0.2) is 35.1 Å². The summed E-state index contributed by atoms with van der Waals surface area (Å²) in [5.74, 6) is -1.07. The number of carbonyl (C=O) groups excluding carboxylic acids is 1. The van der Waals surface area contributed by atoms with Gasteiger partial charge in [-0.05, 0) is 28.1 Å². The van der Waals surface area contributed by atoms with Crippen molar-refractivity contribution in [3.63, 3.8) is 0 Å². The van der Waals surface area contributed by atoms with Crippen LogP contribution in [0.25, 0.3) is 0 Å². The van der Waals surface area contributed by atoms with E-state index in [1.807, 2.05) is 0 Å². The molecule has 1 atom stereocenters. The molecule has 0 aliphatic carbocycles. The molecule has 18 heavy (non-hydrogen) atoms. The smallest absolute Gasteiger partial charge is 0.187 e. The summed E-state index contributed by atoms with van der Waals surface area (Å²) in [4.78, 5) is 12.1. The molecule has 1 heterocycles. The number of nitrogens with two attached hydrogens (primary N) is 1. The van der Waals surface area contributed by atoms with Gasteiger partial charge in [-0.3, -0.25) is 9.48 Å². The Kier molecular flexibility index (Phi) is 3.58. The number of nitrogens with zero attached hydrogens (tertiary/aromatic N) is 2. The maximum absolute atomic E-state index is 13.8. The van der Waals surface area contributed by atoms with E-state index >= 15 is 0 Å². The van der Waals surface area contributed by atoms with Gasteiger partial charge in [0, 0.05) is 18.8 Å². The van der Waals surface area contributed by atoms with Gasteiger partial charge in [0.05, 0.1) is 22.3 Å². The van der Waals surface area contributed by atoms with Crippen LogP contribution < -0.4 is 5.73 Å². The lowest BCUT2D eigenvalue weighted by molar-refractivity contribution is 0.0957. The summed E-state index contributed by atoms with van der Waals surface area (Å²) in [7, 11) is 1.72. The van der Waals surface area contributed by atoms with Gasteiger partial charge in [0.15, 0.2) is 5.78 Å². The Labute approximate surface area is 112 Å². The molecule has 94 valence electrons. The first-order chi connectivity index (χ1) is 8.50. The molecular formula is C12H11BrFN3O. The maximum atomic E-state index is 13.8. The van der Waals surface area contributed by atoms with Crippen LogP contribution in [0.3, 0.4) is 0 Å². The van der Waals surface area contributed by atoms with Crippen molar-refractivity contribution in [2.45, 2.75) is 6.04 Å². The van der Waals surface area contributed by atoms with E-state index in [-0.39, 0.29) is 10.0 Å². The van der Waals surface area contributed by atoms with Crippen LogP contribution in [0.1, 0.15) is 22.0 Å². The summed E-state index contributed by atoms with van der Waals surface area (Å²) in [5.41, 5.74) is 6.35. The number of hydrogen-bond donors (Lipinski definition) is 1. The highest BCUT2D eigenvalue weighted by Gasteiger charge is 2.22. The van der Waals surface area contributed by atoms with Crippen molar-refractivity contribution in [1.82, 2.24) is 9.78 Å². The van der Waals surface area contributed by atoms with E-state index in [9.17, 15) is 9.18 Å². The Morgan fingerprint density at radius 3 is 2.89 bits per heavy atom. The zero-order valence-electron chi connectivity index (χ0n) is 9.60. The third-order valence-electron chi connectivity index (χ3n) is 2.58. The lowest BCUT2D eigenvalue weighted by atomic mass is 10.0. The van der Waals surface area contributed by atoms with Gasteiger partial charge in [0.25, 0.3) is 0 Å². The highest BCUT2D eigenvalue weighted by Crippen LogP contribution is 2.22. The van der Waals surface area contributed by atoms with E-state index in [0.29, 0.717) is 5.56 Å². The fourth-order valence-electron chi connectivity index (χ4n) is 1.61. The van der Waals surface area contributed by atoms with Crippen LogP contribution in [0.2, 0.25) is 0 Å². The lowest BCUT2D eigenvalue weighted by Gasteiger charge is -2.09. The zero-order valence-corrected chi connectivity index (χ0v) is 11.2. The van der Waals surface area contributed by atoms with Crippen LogP contribution in [0.4, 0.5) is 4.39 Å². The molecule has 6 heteroatoms. The van der Waals surface area contributed by atoms with E-state index in [1.165, 1.54) is 18.3 Å². The minimum atomic E-state index is -0.914. The molecule has 0 spiro atoms. The molecule has 4 nitrogen and oxygen atoms in total. The Hall–Kier alpha value is -1.53. The second-order valence-electron chi connectivity index (χ2n) is 3.89. The molecule has 0 bridgehead atoms. The van der Waals surface area contributed by atoms with Gasteiger partial charge in [-0.1, -0.05) is 6.07 Å². The molecule has 0 amide bonds. The zero-order chi connectivity index (χ0) is 13.3. The lowest BCUT2D eigenvalue weighted by Crippen LogP contribution is -2.22. The molecule has 0 aliphatic rings. The van der Waals surface area contributed by atoms with Gasteiger partial charge >= 0.3 is 0 Å². The molecule has 2 N–H and O–H groups in total. The molecule has 1 unspecified atom stereocenters. The maximum Gasteiger partial charge on any atom is 0.187 e. The standard InChI is InChI=1S/C12H11BrFN3O/c1-17-6-7(5-16-17)11(15)12(18)8-3-2-4-9(13)10(8)14/h2-6,11H,15H2,1H3. The molecule has 0 saturated heterocycles. The van der Waals surface area contributed by atoms with Crippen LogP contribution in [0, 0.1) is 5.82 Å². The molecule has 0 radical (unpaired) electrons. The van der Waals surface area contributed by atoms with Gasteiger partial charge in [0.1, 0.15) is 5.82 Å². The summed E-state index contributed by atoms with van der Waals surface area (Å²) < 4.78 is 15.6. The number of hydrogen-bond acceptors (Lipinski definition) is 3. The van der Waals surface area contributed by atoms with E-state index in [4.69, 9.17) is 5.73 Å². The summed E-state index contributed by atoms with van der Waals surface area (Å²) in [6.07, 6.45) is 3.14. The summed E-state index contributed by atoms with van der Waals surface area (Å²) in [5, 5.41) is 3.94. The highest BCUT2D eigenvalue weighted by atomic mass is 79.9. The Morgan fingerprint density at radius 2 is 2.28 bits per heavy atom. The normalized spacial score (nSPS) is 12.4. The monoisotopic (exact) mass is 311 g/mol. The molecule has 1 aromatic carbocycles. The number of benzene rings is 1. The molecule has 2 rings (SSSR count). The number of aryl methyl sites for hydroxylation is 1. The molecular weight excluding hydrogens is 301 g/mol. The SMILES string of the molecule is Cn1cc(C(N)C(=O)c2cccc(Br)c2F)cn1. The average molecular weight is 312 g/mol. The minimum absolute atomic E-state index is 0.0271. The molecule has 0 fully saturated rings. The third-order valence-corrected chi connectivity index (χ3v) is 3.20. The molecule has 0 saturated carbocycles. The Balaban J connectivity index is 2.34. The van der Waals surface area contributed by atoms with E-state index in [0.717, 1.165) is 0 Å². The summed E-state index contributed by atoms with van der Waals surface area (Å²) in [6.45, 7) is 0. The Morgan fingerprint density at radius 1 is 1.56 bits per heavy atom. The third kappa shape index (κ3) is 2.34. The highest BCUT2D eigenvalue weighted by molar-refractivity contribution is 9.10. The first-order valence-corrected chi connectivity index (χ1v) is 6.02. The topological polar surface area (TPSA) is 60.9 Å². The fourth-order valence-corrected chi connectivity index (χ4v) is 1.98. The fraction of sp³-hybridized carbons (Fsp3) is 0.167. The van der Waals surface area contributed by atoms with Crippen LogP contribution in [-0.4, -0.2) is 15.6 Å². The minimum Gasteiger partial charge on any atom is -0.317 e. The van der Waals surface area contributed by atoms with Gasteiger partial charge in [-0.25, -0.2) is 4.39 Å². The van der Waals surface area contributed by atoms with Crippen molar-refractivity contribution >= 4 is 21.7 Å². The predicted molar refractivity (Wildman–Crippen MR) is 68.6 cm³/mol. The van der Waals surface area contributed by atoms with Gasteiger partial charge in [-0.2, -0.15) is 5.10 Å². The molecule has 0 aliphatic heterocycles.